The molecule has 2 fully saturated rings. The lowest BCUT2D eigenvalue weighted by atomic mass is 10.0. The number of benzene rings is 1. The lowest BCUT2D eigenvalue weighted by Gasteiger charge is -2.41. The number of ether oxygens (including phenoxy) is 1. The Morgan fingerprint density at radius 3 is 2.36 bits per heavy atom. The molecule has 154 valence electrons. The highest BCUT2D eigenvalue weighted by Crippen LogP contribution is 2.16. The van der Waals surface area contributed by atoms with Crippen LogP contribution in [0.2, 0.25) is 0 Å². The van der Waals surface area contributed by atoms with Crippen molar-refractivity contribution in [3.05, 3.63) is 35.9 Å². The Labute approximate surface area is 167 Å². The van der Waals surface area contributed by atoms with Crippen molar-refractivity contribution in [1.29, 1.82) is 0 Å². The zero-order valence-electron chi connectivity index (χ0n) is 16.9. The van der Waals surface area contributed by atoms with Gasteiger partial charge in [-0.2, -0.15) is 0 Å². The first-order valence-corrected chi connectivity index (χ1v) is 10.2. The minimum atomic E-state index is -0.0958. The fourth-order valence-electron chi connectivity index (χ4n) is 3.77. The number of hydrogen-bond acceptors (Lipinski definition) is 4. The summed E-state index contributed by atoms with van der Waals surface area (Å²) in [6, 6.07) is 9.34. The number of piperidine rings is 1. The summed E-state index contributed by atoms with van der Waals surface area (Å²) in [6.45, 7) is 9.53. The molecule has 0 unspecified atom stereocenters. The Kier molecular flexibility index (Phi) is 6.91. The largest absolute Gasteiger partial charge is 0.379 e. The molecule has 0 aromatic heterocycles. The monoisotopic (exact) mass is 388 g/mol. The first kappa shape index (κ1) is 20.6. The highest BCUT2D eigenvalue weighted by Gasteiger charge is 2.30. The van der Waals surface area contributed by atoms with Crippen LogP contribution in [-0.4, -0.2) is 79.3 Å². The van der Waals surface area contributed by atoms with Crippen molar-refractivity contribution in [2.75, 3.05) is 45.9 Å². The molecule has 3 rings (SSSR count). The number of hydrogen-bond donors (Lipinski definition) is 2. The molecular weight excluding hydrogens is 356 g/mol. The van der Waals surface area contributed by atoms with E-state index in [0.29, 0.717) is 25.2 Å². The Hall–Kier alpha value is -2.12. The highest BCUT2D eigenvalue weighted by molar-refractivity contribution is 5.94. The van der Waals surface area contributed by atoms with Gasteiger partial charge in [0.15, 0.2) is 0 Å². The van der Waals surface area contributed by atoms with E-state index in [9.17, 15) is 9.59 Å². The summed E-state index contributed by atoms with van der Waals surface area (Å²) < 4.78 is 5.41. The normalized spacial score (nSPS) is 19.3. The number of nitrogens with zero attached hydrogens (tertiary/aromatic N) is 2. The molecule has 0 atom stereocenters. The van der Waals surface area contributed by atoms with E-state index in [2.05, 4.69) is 29.4 Å². The van der Waals surface area contributed by atoms with Gasteiger partial charge in [-0.1, -0.05) is 18.2 Å². The van der Waals surface area contributed by atoms with E-state index in [0.717, 1.165) is 39.1 Å². The van der Waals surface area contributed by atoms with E-state index < -0.39 is 0 Å². The summed E-state index contributed by atoms with van der Waals surface area (Å²) in [6.07, 6.45) is 1.55. The molecule has 1 aromatic rings. The molecule has 2 aliphatic heterocycles. The van der Waals surface area contributed by atoms with Gasteiger partial charge in [0.05, 0.1) is 13.2 Å². The van der Waals surface area contributed by atoms with Crippen LogP contribution >= 0.6 is 0 Å². The summed E-state index contributed by atoms with van der Waals surface area (Å²) in [5.41, 5.74) is 0.578. The van der Waals surface area contributed by atoms with Crippen molar-refractivity contribution in [3.8, 4) is 0 Å². The Morgan fingerprint density at radius 2 is 1.71 bits per heavy atom. The number of nitrogens with one attached hydrogen (secondary N) is 2. The van der Waals surface area contributed by atoms with Crippen molar-refractivity contribution in [2.24, 2.45) is 0 Å². The molecule has 2 saturated heterocycles. The smallest absolute Gasteiger partial charge is 0.317 e. The predicted molar refractivity (Wildman–Crippen MR) is 108 cm³/mol. The summed E-state index contributed by atoms with van der Waals surface area (Å²) in [4.78, 5) is 29.0. The van der Waals surface area contributed by atoms with E-state index >= 15 is 0 Å². The average molecular weight is 389 g/mol. The summed E-state index contributed by atoms with van der Waals surface area (Å²) in [5.74, 6) is -0.0456. The van der Waals surface area contributed by atoms with E-state index in [4.69, 9.17) is 4.74 Å². The van der Waals surface area contributed by atoms with Gasteiger partial charge in [-0.05, 0) is 38.8 Å². The predicted octanol–water partition coefficient (Wildman–Crippen LogP) is 1.70. The van der Waals surface area contributed by atoms with Crippen LogP contribution in [0.4, 0.5) is 4.79 Å². The van der Waals surface area contributed by atoms with Crippen molar-refractivity contribution in [3.63, 3.8) is 0 Å². The standard InChI is InChI=1S/C21H32N4O3/c1-21(2,25-12-14-28-15-13-25)16-22-20(27)24-10-8-18(9-11-24)23-19(26)17-6-4-3-5-7-17/h3-7,18H,8-16H2,1-2H3,(H,22,27)(H,23,26). The van der Waals surface area contributed by atoms with Crippen LogP contribution in [0.3, 0.4) is 0 Å². The molecule has 0 saturated carbocycles. The van der Waals surface area contributed by atoms with E-state index in [-0.39, 0.29) is 23.5 Å². The molecule has 3 amide bonds. The molecule has 7 nitrogen and oxygen atoms in total. The molecule has 0 spiro atoms. The maximum Gasteiger partial charge on any atom is 0.317 e. The molecule has 1 aromatic carbocycles. The molecule has 0 aliphatic carbocycles. The Morgan fingerprint density at radius 1 is 1.07 bits per heavy atom. The number of carbonyl (C=O) groups is 2. The minimum Gasteiger partial charge on any atom is -0.379 e. The molecule has 7 heteroatoms. The molecule has 2 aliphatic rings. The second-order valence-electron chi connectivity index (χ2n) is 8.17. The highest BCUT2D eigenvalue weighted by atomic mass is 16.5. The van der Waals surface area contributed by atoms with E-state index in [1.807, 2.05) is 35.2 Å². The molecule has 0 radical (unpaired) electrons. The summed E-state index contributed by atoms with van der Waals surface area (Å²) in [7, 11) is 0. The third kappa shape index (κ3) is 5.45. The van der Waals surface area contributed by atoms with Crippen LogP contribution in [0.5, 0.6) is 0 Å². The topological polar surface area (TPSA) is 73.9 Å². The van der Waals surface area contributed by atoms with Crippen LogP contribution in [0.1, 0.15) is 37.0 Å². The average Bonchev–Trinajstić information content (AvgIpc) is 2.74. The number of urea groups is 1. The van der Waals surface area contributed by atoms with Crippen molar-refractivity contribution < 1.29 is 14.3 Å². The summed E-state index contributed by atoms with van der Waals surface area (Å²) in [5, 5.41) is 6.17. The van der Waals surface area contributed by atoms with Crippen molar-refractivity contribution in [1.82, 2.24) is 20.4 Å². The maximum atomic E-state index is 12.6. The molecular formula is C21H32N4O3. The first-order chi connectivity index (χ1) is 13.5. The Bertz CT molecular complexity index is 651. The van der Waals surface area contributed by atoms with Gasteiger partial charge in [0, 0.05) is 49.9 Å². The minimum absolute atomic E-state index is 0.0193. The number of carbonyl (C=O) groups excluding carboxylic acids is 2. The lowest BCUT2D eigenvalue weighted by Crippen LogP contribution is -2.57. The van der Waals surface area contributed by atoms with Crippen LogP contribution < -0.4 is 10.6 Å². The van der Waals surface area contributed by atoms with Gasteiger partial charge in [-0.15, -0.1) is 0 Å². The van der Waals surface area contributed by atoms with E-state index in [1.165, 1.54) is 0 Å². The van der Waals surface area contributed by atoms with Crippen LogP contribution in [-0.2, 0) is 4.74 Å². The SMILES string of the molecule is CC(C)(CNC(=O)N1CCC(NC(=O)c2ccccc2)CC1)N1CCOCC1. The van der Waals surface area contributed by atoms with Gasteiger partial charge < -0.3 is 20.3 Å². The lowest BCUT2D eigenvalue weighted by molar-refractivity contribution is -0.00910. The van der Waals surface area contributed by atoms with Gasteiger partial charge in [0.2, 0.25) is 0 Å². The quantitative estimate of drug-likeness (QED) is 0.805. The summed E-state index contributed by atoms with van der Waals surface area (Å²) >= 11 is 0. The van der Waals surface area contributed by atoms with Crippen molar-refractivity contribution >= 4 is 11.9 Å². The van der Waals surface area contributed by atoms with Gasteiger partial charge in [-0.25, -0.2) is 4.79 Å². The molecule has 0 bridgehead atoms. The van der Waals surface area contributed by atoms with Crippen LogP contribution in [0.15, 0.2) is 30.3 Å². The molecule has 2 heterocycles. The zero-order chi connectivity index (χ0) is 20.0. The number of amides is 3. The van der Waals surface area contributed by atoms with Crippen LogP contribution in [0.25, 0.3) is 0 Å². The third-order valence-electron chi connectivity index (χ3n) is 5.69. The van der Waals surface area contributed by atoms with Gasteiger partial charge in [0.1, 0.15) is 0 Å². The molecule has 28 heavy (non-hydrogen) atoms. The Balaban J connectivity index is 1.40. The maximum absolute atomic E-state index is 12.6. The number of morpholine rings is 1. The van der Waals surface area contributed by atoms with Gasteiger partial charge in [0.25, 0.3) is 5.91 Å². The fraction of sp³-hybridized carbons (Fsp3) is 0.619. The van der Waals surface area contributed by atoms with Crippen LogP contribution in [0, 0.1) is 0 Å². The third-order valence-corrected chi connectivity index (χ3v) is 5.69. The fourth-order valence-corrected chi connectivity index (χ4v) is 3.77. The van der Waals surface area contributed by atoms with Crippen molar-refractivity contribution in [2.45, 2.75) is 38.3 Å². The second-order valence-corrected chi connectivity index (χ2v) is 8.17. The first-order valence-electron chi connectivity index (χ1n) is 10.2. The van der Waals surface area contributed by atoms with Gasteiger partial charge in [-0.3, -0.25) is 9.69 Å². The van der Waals surface area contributed by atoms with E-state index in [1.54, 1.807) is 0 Å². The zero-order valence-corrected chi connectivity index (χ0v) is 16.9. The molecule has 2 N–H and O–H groups in total. The van der Waals surface area contributed by atoms with Gasteiger partial charge >= 0.3 is 6.03 Å². The number of rotatable bonds is 5. The second kappa shape index (κ2) is 9.39. The number of likely N-dealkylation sites (tertiary alicyclic amines) is 1.